The van der Waals surface area contributed by atoms with Crippen LogP contribution >= 0.6 is 11.6 Å². The van der Waals surface area contributed by atoms with Gasteiger partial charge in [0.05, 0.1) is 19.3 Å². The molecule has 0 saturated heterocycles. The highest BCUT2D eigenvalue weighted by Gasteiger charge is 2.16. The third-order valence-corrected chi connectivity index (χ3v) is 3.31. The van der Waals surface area contributed by atoms with Gasteiger partial charge >= 0.3 is 0 Å². The van der Waals surface area contributed by atoms with Crippen molar-refractivity contribution in [2.45, 2.75) is 13.5 Å². The summed E-state index contributed by atoms with van der Waals surface area (Å²) in [5, 5.41) is 9.63. The Labute approximate surface area is 111 Å². The Morgan fingerprint density at radius 3 is 2.72 bits per heavy atom. The molecule has 1 aromatic carbocycles. The Balaban J connectivity index is 2.64. The zero-order valence-electron chi connectivity index (χ0n) is 10.6. The predicted octanol–water partition coefficient (Wildman–Crippen LogP) is 2.55. The van der Waals surface area contributed by atoms with Crippen molar-refractivity contribution in [3.8, 4) is 17.1 Å². The number of nitrogens with zero attached hydrogens (tertiary/aromatic N) is 2. The normalized spacial score (nSPS) is 10.7. The number of aryl methyl sites for hydroxylation is 1. The van der Waals surface area contributed by atoms with Crippen molar-refractivity contribution in [3.05, 3.63) is 34.6 Å². The topological polar surface area (TPSA) is 47.3 Å². The fraction of sp³-hybridized carbons (Fsp3) is 0.308. The maximum atomic E-state index is 9.19. The maximum absolute atomic E-state index is 9.19. The molecule has 0 radical (unpaired) electrons. The van der Waals surface area contributed by atoms with Crippen molar-refractivity contribution in [2.75, 3.05) is 7.11 Å². The Hall–Kier alpha value is -1.52. The second-order valence-corrected chi connectivity index (χ2v) is 4.45. The fourth-order valence-electron chi connectivity index (χ4n) is 1.87. The van der Waals surface area contributed by atoms with Gasteiger partial charge in [0.2, 0.25) is 0 Å². The number of hydrogen-bond donors (Lipinski definition) is 1. The Morgan fingerprint density at radius 1 is 1.44 bits per heavy atom. The van der Waals surface area contributed by atoms with Gasteiger partial charge in [-0.05, 0) is 19.1 Å². The molecule has 1 heterocycles. The van der Waals surface area contributed by atoms with Crippen LogP contribution in [0.5, 0.6) is 5.75 Å². The first-order valence-electron chi connectivity index (χ1n) is 5.55. The zero-order valence-corrected chi connectivity index (χ0v) is 11.3. The fourth-order valence-corrected chi connectivity index (χ4v) is 2.06. The van der Waals surface area contributed by atoms with Gasteiger partial charge in [0.25, 0.3) is 0 Å². The van der Waals surface area contributed by atoms with Crippen molar-refractivity contribution < 1.29 is 9.84 Å². The predicted molar refractivity (Wildman–Crippen MR) is 70.9 cm³/mol. The summed E-state index contributed by atoms with van der Waals surface area (Å²) in [6.45, 7) is 1.82. The molecule has 18 heavy (non-hydrogen) atoms. The highest BCUT2D eigenvalue weighted by Crippen LogP contribution is 2.32. The van der Waals surface area contributed by atoms with Crippen LogP contribution in [-0.2, 0) is 13.7 Å². The number of aliphatic hydroxyl groups excluding tert-OH is 1. The van der Waals surface area contributed by atoms with Gasteiger partial charge in [-0.3, -0.25) is 0 Å². The lowest BCUT2D eigenvalue weighted by molar-refractivity contribution is 0.277. The van der Waals surface area contributed by atoms with Gasteiger partial charge in [-0.15, -0.1) is 0 Å². The molecular weight excluding hydrogens is 252 g/mol. The van der Waals surface area contributed by atoms with Crippen LogP contribution in [0, 0.1) is 6.92 Å². The van der Waals surface area contributed by atoms with Crippen LogP contribution in [-0.4, -0.2) is 21.8 Å². The second-order valence-electron chi connectivity index (χ2n) is 4.09. The van der Waals surface area contributed by atoms with Gasteiger partial charge in [0.15, 0.2) is 0 Å². The van der Waals surface area contributed by atoms with E-state index in [1.165, 1.54) is 0 Å². The average Bonchev–Trinajstić information content (AvgIpc) is 2.66. The molecule has 0 aliphatic rings. The third-order valence-electron chi connectivity index (χ3n) is 2.84. The van der Waals surface area contributed by atoms with Gasteiger partial charge in [0, 0.05) is 7.05 Å². The van der Waals surface area contributed by atoms with Crippen LogP contribution in [0.15, 0.2) is 18.2 Å². The number of methoxy groups -OCH3 is 1. The molecule has 0 aliphatic carbocycles. The lowest BCUT2D eigenvalue weighted by Crippen LogP contribution is -1.96. The van der Waals surface area contributed by atoms with Crippen LogP contribution in [0.3, 0.4) is 0 Å². The molecule has 5 heteroatoms. The second kappa shape index (κ2) is 5.00. The standard InChI is InChI=1S/C13H15ClN2O2/c1-8-4-5-11(18-3)9(6-8)13-15-10(7-17)12(14)16(13)2/h4-6,17H,7H2,1-3H3. The largest absolute Gasteiger partial charge is 0.496 e. The van der Waals surface area contributed by atoms with E-state index >= 15 is 0 Å². The van der Waals surface area contributed by atoms with E-state index in [4.69, 9.17) is 16.3 Å². The molecule has 1 aromatic heterocycles. The van der Waals surface area contributed by atoms with Gasteiger partial charge in [-0.25, -0.2) is 4.98 Å². The quantitative estimate of drug-likeness (QED) is 0.929. The number of halogens is 1. The van der Waals surface area contributed by atoms with Crippen LogP contribution < -0.4 is 4.74 Å². The summed E-state index contributed by atoms with van der Waals surface area (Å²) in [5.41, 5.74) is 2.44. The Bertz CT molecular complexity index is 579. The Morgan fingerprint density at radius 2 is 2.17 bits per heavy atom. The van der Waals surface area contributed by atoms with Crippen LogP contribution in [0.1, 0.15) is 11.3 Å². The minimum Gasteiger partial charge on any atom is -0.496 e. The van der Waals surface area contributed by atoms with E-state index in [2.05, 4.69) is 4.98 Å². The number of rotatable bonds is 3. The number of aliphatic hydroxyl groups is 1. The summed E-state index contributed by atoms with van der Waals surface area (Å²) in [4.78, 5) is 4.35. The molecule has 0 atom stereocenters. The molecule has 0 amide bonds. The van der Waals surface area contributed by atoms with E-state index in [9.17, 15) is 5.11 Å². The molecule has 0 bridgehead atoms. The first kappa shape index (κ1) is 12.9. The van der Waals surface area contributed by atoms with Gasteiger partial charge in [-0.2, -0.15) is 0 Å². The monoisotopic (exact) mass is 266 g/mol. The molecule has 2 aromatic rings. The number of benzene rings is 1. The number of hydrogen-bond acceptors (Lipinski definition) is 3. The summed E-state index contributed by atoms with van der Waals surface area (Å²) in [5.74, 6) is 1.42. The minimum absolute atomic E-state index is 0.180. The van der Waals surface area contributed by atoms with Gasteiger partial charge < -0.3 is 14.4 Å². The summed E-state index contributed by atoms with van der Waals surface area (Å²) in [7, 11) is 3.43. The average molecular weight is 267 g/mol. The molecule has 96 valence electrons. The number of imidazole rings is 1. The molecule has 0 fully saturated rings. The molecule has 0 aliphatic heterocycles. The smallest absolute Gasteiger partial charge is 0.145 e. The van der Waals surface area contributed by atoms with Crippen molar-refractivity contribution in [3.63, 3.8) is 0 Å². The molecule has 0 unspecified atom stereocenters. The highest BCUT2D eigenvalue weighted by molar-refractivity contribution is 6.30. The molecule has 1 N–H and O–H groups in total. The van der Waals surface area contributed by atoms with E-state index in [0.29, 0.717) is 16.7 Å². The first-order valence-corrected chi connectivity index (χ1v) is 5.93. The number of aromatic nitrogens is 2. The SMILES string of the molecule is COc1ccc(C)cc1-c1nc(CO)c(Cl)n1C. The summed E-state index contributed by atoms with van der Waals surface area (Å²) in [6.07, 6.45) is 0. The summed E-state index contributed by atoms with van der Waals surface area (Å²) < 4.78 is 7.07. The van der Waals surface area contributed by atoms with E-state index in [0.717, 1.165) is 16.9 Å². The first-order chi connectivity index (χ1) is 8.58. The van der Waals surface area contributed by atoms with Crippen molar-refractivity contribution in [1.29, 1.82) is 0 Å². The highest BCUT2D eigenvalue weighted by atomic mass is 35.5. The van der Waals surface area contributed by atoms with Gasteiger partial charge in [-0.1, -0.05) is 23.2 Å². The zero-order chi connectivity index (χ0) is 13.3. The lowest BCUT2D eigenvalue weighted by Gasteiger charge is -2.09. The Kier molecular flexibility index (Phi) is 3.59. The van der Waals surface area contributed by atoms with Crippen LogP contribution in [0.2, 0.25) is 5.15 Å². The molecular formula is C13H15ClN2O2. The van der Waals surface area contributed by atoms with Crippen molar-refractivity contribution >= 4 is 11.6 Å². The van der Waals surface area contributed by atoms with Crippen LogP contribution in [0.25, 0.3) is 11.4 Å². The van der Waals surface area contributed by atoms with E-state index < -0.39 is 0 Å². The maximum Gasteiger partial charge on any atom is 0.145 e. The van der Waals surface area contributed by atoms with E-state index in [-0.39, 0.29) is 6.61 Å². The minimum atomic E-state index is -0.180. The summed E-state index contributed by atoms with van der Waals surface area (Å²) in [6, 6.07) is 5.85. The van der Waals surface area contributed by atoms with E-state index in [1.54, 1.807) is 11.7 Å². The van der Waals surface area contributed by atoms with Crippen LogP contribution in [0.4, 0.5) is 0 Å². The van der Waals surface area contributed by atoms with Crippen molar-refractivity contribution in [1.82, 2.24) is 9.55 Å². The number of ether oxygens (including phenoxy) is 1. The van der Waals surface area contributed by atoms with E-state index in [1.807, 2.05) is 32.2 Å². The molecule has 0 saturated carbocycles. The molecule has 4 nitrogen and oxygen atoms in total. The summed E-state index contributed by atoms with van der Waals surface area (Å²) >= 11 is 6.10. The lowest BCUT2D eigenvalue weighted by atomic mass is 10.1. The third kappa shape index (κ3) is 2.09. The molecule has 2 rings (SSSR count). The molecule has 0 spiro atoms. The van der Waals surface area contributed by atoms with Crippen molar-refractivity contribution in [2.24, 2.45) is 7.05 Å². The van der Waals surface area contributed by atoms with Gasteiger partial charge in [0.1, 0.15) is 22.4 Å².